The highest BCUT2D eigenvalue weighted by molar-refractivity contribution is 5.46. The summed E-state index contributed by atoms with van der Waals surface area (Å²) in [6, 6.07) is 9.52. The number of halogens is 3. The molecule has 2 nitrogen and oxygen atoms in total. The second-order valence-electron chi connectivity index (χ2n) is 3.87. The van der Waals surface area contributed by atoms with Crippen LogP contribution in [0.3, 0.4) is 0 Å². The summed E-state index contributed by atoms with van der Waals surface area (Å²) >= 11 is 0. The van der Waals surface area contributed by atoms with Crippen LogP contribution in [0.25, 0.3) is 0 Å². The van der Waals surface area contributed by atoms with E-state index in [-0.39, 0.29) is 23.4 Å². The van der Waals surface area contributed by atoms with Crippen molar-refractivity contribution in [2.75, 3.05) is 5.32 Å². The maximum Gasteiger partial charge on any atom is 0.181 e. The van der Waals surface area contributed by atoms with Crippen molar-refractivity contribution in [1.29, 1.82) is 5.26 Å². The van der Waals surface area contributed by atoms with Gasteiger partial charge in [-0.15, -0.1) is 0 Å². The molecular weight excluding hydrogens is 253 g/mol. The second kappa shape index (κ2) is 5.44. The first-order valence-corrected chi connectivity index (χ1v) is 5.48. The number of nitrogens with one attached hydrogen (secondary N) is 1. The van der Waals surface area contributed by atoms with Crippen LogP contribution in [0, 0.1) is 28.8 Å². The lowest BCUT2D eigenvalue weighted by atomic mass is 10.1. The number of anilines is 1. The largest absolute Gasteiger partial charge is 0.378 e. The molecule has 0 heterocycles. The number of hydrogen-bond acceptors (Lipinski definition) is 2. The Balaban J connectivity index is 2.15. The van der Waals surface area contributed by atoms with E-state index in [9.17, 15) is 13.2 Å². The molecule has 2 rings (SSSR count). The van der Waals surface area contributed by atoms with Gasteiger partial charge in [-0.05, 0) is 24.3 Å². The molecule has 0 bridgehead atoms. The average molecular weight is 262 g/mol. The molecule has 0 aliphatic rings. The minimum absolute atomic E-state index is 0.00207. The normalized spacial score (nSPS) is 10.0. The van der Waals surface area contributed by atoms with E-state index in [1.165, 1.54) is 24.3 Å². The first-order chi connectivity index (χ1) is 9.11. The Bertz CT molecular complexity index is 648. The highest BCUT2D eigenvalue weighted by atomic mass is 19.2. The maximum atomic E-state index is 13.6. The first-order valence-electron chi connectivity index (χ1n) is 5.48. The Kier molecular flexibility index (Phi) is 3.71. The van der Waals surface area contributed by atoms with Gasteiger partial charge in [0.1, 0.15) is 5.82 Å². The Hall–Kier alpha value is -2.48. The van der Waals surface area contributed by atoms with Crippen LogP contribution in [0.5, 0.6) is 0 Å². The zero-order valence-corrected chi connectivity index (χ0v) is 9.75. The van der Waals surface area contributed by atoms with Crippen LogP contribution in [0.15, 0.2) is 36.4 Å². The van der Waals surface area contributed by atoms with Crippen LogP contribution in [-0.4, -0.2) is 0 Å². The van der Waals surface area contributed by atoms with Crippen LogP contribution in [0.1, 0.15) is 11.1 Å². The lowest BCUT2D eigenvalue weighted by Crippen LogP contribution is -2.04. The molecule has 1 N–H and O–H groups in total. The van der Waals surface area contributed by atoms with E-state index in [2.05, 4.69) is 5.32 Å². The molecule has 0 amide bonds. The van der Waals surface area contributed by atoms with E-state index in [0.717, 1.165) is 12.1 Å². The molecule has 0 aliphatic carbocycles. The summed E-state index contributed by atoms with van der Waals surface area (Å²) in [4.78, 5) is 0. The van der Waals surface area contributed by atoms with Crippen LogP contribution in [-0.2, 0) is 6.54 Å². The third kappa shape index (κ3) is 2.86. The highest BCUT2D eigenvalue weighted by Gasteiger charge is 2.08. The van der Waals surface area contributed by atoms with Gasteiger partial charge in [0.15, 0.2) is 11.6 Å². The monoisotopic (exact) mass is 262 g/mol. The molecule has 0 saturated carbocycles. The smallest absolute Gasteiger partial charge is 0.181 e. The molecule has 0 atom stereocenters. The summed E-state index contributed by atoms with van der Waals surface area (Å²) in [6.45, 7) is -0.00207. The predicted molar refractivity (Wildman–Crippen MR) is 64.8 cm³/mol. The SMILES string of the molecule is N#Cc1ccc(CNc2cccc(F)c2F)c(F)c1. The second-order valence-corrected chi connectivity index (χ2v) is 3.87. The Morgan fingerprint density at radius 1 is 1.05 bits per heavy atom. The molecule has 0 unspecified atom stereocenters. The van der Waals surface area contributed by atoms with Crippen molar-refractivity contribution in [3.8, 4) is 6.07 Å². The van der Waals surface area contributed by atoms with Crippen molar-refractivity contribution in [1.82, 2.24) is 0 Å². The average Bonchev–Trinajstić information content (AvgIpc) is 2.41. The first kappa shape index (κ1) is 13.0. The third-order valence-electron chi connectivity index (χ3n) is 2.60. The fourth-order valence-corrected chi connectivity index (χ4v) is 1.59. The summed E-state index contributed by atoms with van der Waals surface area (Å²) in [5, 5.41) is 11.2. The Labute approximate surface area is 108 Å². The molecule has 96 valence electrons. The molecule has 0 aliphatic heterocycles. The predicted octanol–water partition coefficient (Wildman–Crippen LogP) is 3.59. The van der Waals surface area contributed by atoms with Gasteiger partial charge in [0, 0.05) is 12.1 Å². The molecule has 0 spiro atoms. The molecule has 2 aromatic rings. The van der Waals surface area contributed by atoms with E-state index < -0.39 is 17.5 Å². The molecule has 0 radical (unpaired) electrons. The van der Waals surface area contributed by atoms with Gasteiger partial charge in [-0.3, -0.25) is 0 Å². The third-order valence-corrected chi connectivity index (χ3v) is 2.60. The van der Waals surface area contributed by atoms with Crippen LogP contribution in [0.2, 0.25) is 0 Å². The van der Waals surface area contributed by atoms with Crippen molar-refractivity contribution < 1.29 is 13.2 Å². The molecule has 0 saturated heterocycles. The van der Waals surface area contributed by atoms with Crippen molar-refractivity contribution in [2.45, 2.75) is 6.54 Å². The maximum absolute atomic E-state index is 13.6. The van der Waals surface area contributed by atoms with Crippen LogP contribution < -0.4 is 5.32 Å². The minimum Gasteiger partial charge on any atom is -0.378 e. The molecule has 0 fully saturated rings. The van der Waals surface area contributed by atoms with Crippen LogP contribution >= 0.6 is 0 Å². The van der Waals surface area contributed by atoms with Gasteiger partial charge in [0.05, 0.1) is 17.3 Å². The summed E-state index contributed by atoms with van der Waals surface area (Å²) in [7, 11) is 0. The number of benzene rings is 2. The van der Waals surface area contributed by atoms with Crippen molar-refractivity contribution in [3.63, 3.8) is 0 Å². The zero-order valence-electron chi connectivity index (χ0n) is 9.75. The van der Waals surface area contributed by atoms with Crippen molar-refractivity contribution in [3.05, 3.63) is 65.0 Å². The minimum atomic E-state index is -1.00. The molecular formula is C14H9F3N2. The lowest BCUT2D eigenvalue weighted by molar-refractivity contribution is 0.511. The summed E-state index contributed by atoms with van der Waals surface area (Å²) in [6.07, 6.45) is 0. The number of nitrogens with zero attached hydrogens (tertiary/aromatic N) is 1. The Morgan fingerprint density at radius 2 is 1.84 bits per heavy atom. The number of rotatable bonds is 3. The molecule has 2 aromatic carbocycles. The van der Waals surface area contributed by atoms with E-state index in [1.54, 1.807) is 0 Å². The fourth-order valence-electron chi connectivity index (χ4n) is 1.59. The van der Waals surface area contributed by atoms with Gasteiger partial charge in [-0.1, -0.05) is 12.1 Å². The lowest BCUT2D eigenvalue weighted by Gasteiger charge is -2.08. The Morgan fingerprint density at radius 3 is 2.53 bits per heavy atom. The van der Waals surface area contributed by atoms with Gasteiger partial charge in [0.25, 0.3) is 0 Å². The zero-order chi connectivity index (χ0) is 13.8. The van der Waals surface area contributed by atoms with Crippen LogP contribution in [0.4, 0.5) is 18.9 Å². The molecule has 19 heavy (non-hydrogen) atoms. The standard InChI is InChI=1S/C14H9F3N2/c15-11-2-1-3-13(14(11)17)19-8-10-5-4-9(7-18)6-12(10)16/h1-6,19H,8H2. The van der Waals surface area contributed by atoms with Gasteiger partial charge in [0.2, 0.25) is 0 Å². The molecule has 5 heteroatoms. The summed E-state index contributed by atoms with van der Waals surface area (Å²) < 4.78 is 39.9. The van der Waals surface area contributed by atoms with E-state index >= 15 is 0 Å². The van der Waals surface area contributed by atoms with Gasteiger partial charge >= 0.3 is 0 Å². The van der Waals surface area contributed by atoms with Gasteiger partial charge < -0.3 is 5.32 Å². The quantitative estimate of drug-likeness (QED) is 0.917. The summed E-state index contributed by atoms with van der Waals surface area (Å²) in [5.74, 6) is -2.54. The topological polar surface area (TPSA) is 35.8 Å². The van der Waals surface area contributed by atoms with Gasteiger partial charge in [-0.25, -0.2) is 13.2 Å². The van der Waals surface area contributed by atoms with E-state index in [4.69, 9.17) is 5.26 Å². The highest BCUT2D eigenvalue weighted by Crippen LogP contribution is 2.18. The number of hydrogen-bond donors (Lipinski definition) is 1. The van der Waals surface area contributed by atoms with E-state index in [0.29, 0.717) is 0 Å². The van der Waals surface area contributed by atoms with Crippen molar-refractivity contribution >= 4 is 5.69 Å². The van der Waals surface area contributed by atoms with Gasteiger partial charge in [-0.2, -0.15) is 5.26 Å². The summed E-state index contributed by atoms with van der Waals surface area (Å²) in [5.41, 5.74) is 0.435. The van der Waals surface area contributed by atoms with E-state index in [1.807, 2.05) is 6.07 Å². The molecule has 0 aromatic heterocycles. The fraction of sp³-hybridized carbons (Fsp3) is 0.0714. The van der Waals surface area contributed by atoms with Crippen molar-refractivity contribution in [2.24, 2.45) is 0 Å². The number of nitriles is 1.